The number of hydrogen-bond donors (Lipinski definition) is 1. The smallest absolute Gasteiger partial charge is 0.244 e. The van der Waals surface area contributed by atoms with Crippen molar-refractivity contribution in [2.24, 2.45) is 0 Å². The Hall–Kier alpha value is -2.74. The molecule has 0 saturated heterocycles. The maximum Gasteiger partial charge on any atom is 0.244 e. The molecule has 8 heteroatoms. The number of carbonyl (C=O) groups is 1. The molecule has 0 bridgehead atoms. The summed E-state index contributed by atoms with van der Waals surface area (Å²) in [6.07, 6.45) is 1.42. The van der Waals surface area contributed by atoms with Crippen LogP contribution in [0.5, 0.6) is 11.5 Å². The number of sulfonamides is 1. The van der Waals surface area contributed by atoms with Crippen molar-refractivity contribution in [1.29, 1.82) is 0 Å². The number of benzene rings is 2. The highest BCUT2D eigenvalue weighted by atomic mass is 32.2. The van der Waals surface area contributed by atoms with Crippen LogP contribution in [0.3, 0.4) is 0 Å². The summed E-state index contributed by atoms with van der Waals surface area (Å²) >= 11 is 0. The highest BCUT2D eigenvalue weighted by Crippen LogP contribution is 2.30. The van der Waals surface area contributed by atoms with Crippen LogP contribution in [-0.4, -0.2) is 40.8 Å². The van der Waals surface area contributed by atoms with Gasteiger partial charge in [0.25, 0.3) is 0 Å². The minimum atomic E-state index is -3.68. The van der Waals surface area contributed by atoms with Crippen LogP contribution in [0.2, 0.25) is 0 Å². The molecule has 0 radical (unpaired) electrons. The number of aryl methyl sites for hydroxylation is 1. The van der Waals surface area contributed by atoms with Gasteiger partial charge in [0.05, 0.1) is 32.2 Å². The summed E-state index contributed by atoms with van der Waals surface area (Å²) in [4.78, 5) is 13.2. The van der Waals surface area contributed by atoms with E-state index in [0.29, 0.717) is 23.6 Å². The van der Waals surface area contributed by atoms with Gasteiger partial charge in [-0.15, -0.1) is 0 Å². The zero-order valence-electron chi connectivity index (χ0n) is 18.3. The molecule has 0 fully saturated rings. The fraction of sp³-hybridized carbons (Fsp3) is 0.409. The lowest BCUT2D eigenvalue weighted by atomic mass is 10.1. The maximum atomic E-state index is 13.2. The van der Waals surface area contributed by atoms with Crippen LogP contribution in [0.4, 0.5) is 5.69 Å². The number of hydrogen-bond acceptors (Lipinski definition) is 5. The molecule has 1 amide bonds. The van der Waals surface area contributed by atoms with Crippen molar-refractivity contribution in [3.63, 3.8) is 0 Å². The van der Waals surface area contributed by atoms with Gasteiger partial charge in [0.15, 0.2) is 0 Å². The van der Waals surface area contributed by atoms with Crippen molar-refractivity contribution >= 4 is 21.6 Å². The fourth-order valence-corrected chi connectivity index (χ4v) is 4.53. The van der Waals surface area contributed by atoms with Crippen LogP contribution in [0.25, 0.3) is 0 Å². The van der Waals surface area contributed by atoms with E-state index in [9.17, 15) is 13.2 Å². The first-order valence-corrected chi connectivity index (χ1v) is 11.6. The molecule has 0 spiro atoms. The van der Waals surface area contributed by atoms with Gasteiger partial charge in [0, 0.05) is 5.56 Å². The molecule has 0 unspecified atom stereocenters. The van der Waals surface area contributed by atoms with Crippen molar-refractivity contribution in [1.82, 2.24) is 5.32 Å². The fourth-order valence-electron chi connectivity index (χ4n) is 3.32. The Kier molecular flexibility index (Phi) is 7.72. The van der Waals surface area contributed by atoms with Gasteiger partial charge in [0.2, 0.25) is 15.9 Å². The molecule has 0 aliphatic rings. The minimum Gasteiger partial charge on any atom is -0.497 e. The molecular weight excluding hydrogens is 404 g/mol. The standard InChI is InChI=1S/C22H30N2O5S/c1-7-20(24(30(6,26)27)17-10-8-15(2)9-11-17)22(25)23-16(3)19-14-18(28-4)12-13-21(19)29-5/h8-14,16,20H,7H2,1-6H3,(H,23,25)/t16-,20+/m0/s1. The number of amides is 1. The summed E-state index contributed by atoms with van der Waals surface area (Å²) in [5.41, 5.74) is 2.20. The molecule has 7 nitrogen and oxygen atoms in total. The van der Waals surface area contributed by atoms with Gasteiger partial charge >= 0.3 is 0 Å². The summed E-state index contributed by atoms with van der Waals surface area (Å²) in [5, 5.41) is 2.93. The Morgan fingerprint density at radius 3 is 2.23 bits per heavy atom. The molecule has 0 aliphatic carbocycles. The third-order valence-electron chi connectivity index (χ3n) is 4.88. The largest absolute Gasteiger partial charge is 0.497 e. The summed E-state index contributed by atoms with van der Waals surface area (Å²) in [7, 11) is -0.567. The second-order valence-electron chi connectivity index (χ2n) is 7.16. The maximum absolute atomic E-state index is 13.2. The van der Waals surface area contributed by atoms with E-state index in [1.165, 1.54) is 4.31 Å². The Morgan fingerprint density at radius 2 is 1.73 bits per heavy atom. The molecular formula is C22H30N2O5S. The molecule has 0 saturated carbocycles. The summed E-state index contributed by atoms with van der Waals surface area (Å²) < 4.78 is 37.0. The number of nitrogens with zero attached hydrogens (tertiary/aromatic N) is 1. The van der Waals surface area contributed by atoms with E-state index >= 15 is 0 Å². The van der Waals surface area contributed by atoms with Crippen LogP contribution >= 0.6 is 0 Å². The van der Waals surface area contributed by atoms with Crippen LogP contribution < -0.4 is 19.1 Å². The number of ether oxygens (including phenoxy) is 2. The molecule has 2 aromatic rings. The van der Waals surface area contributed by atoms with E-state index in [2.05, 4.69) is 5.32 Å². The molecule has 2 rings (SSSR count). The Balaban J connectivity index is 2.35. The third-order valence-corrected chi connectivity index (χ3v) is 6.06. The zero-order chi connectivity index (χ0) is 22.5. The lowest BCUT2D eigenvalue weighted by Gasteiger charge is -2.31. The van der Waals surface area contributed by atoms with Gasteiger partial charge in [-0.25, -0.2) is 8.42 Å². The first-order chi connectivity index (χ1) is 14.1. The highest BCUT2D eigenvalue weighted by Gasteiger charge is 2.32. The molecule has 0 aliphatic heterocycles. The lowest BCUT2D eigenvalue weighted by Crippen LogP contribution is -2.49. The molecule has 0 heterocycles. The molecule has 0 aromatic heterocycles. The van der Waals surface area contributed by atoms with Crippen molar-refractivity contribution in [3.8, 4) is 11.5 Å². The normalized spacial score (nSPS) is 13.3. The van der Waals surface area contributed by atoms with Crippen LogP contribution in [-0.2, 0) is 14.8 Å². The van der Waals surface area contributed by atoms with E-state index in [0.717, 1.165) is 17.4 Å². The van der Waals surface area contributed by atoms with Gasteiger partial charge in [0.1, 0.15) is 17.5 Å². The van der Waals surface area contributed by atoms with Crippen molar-refractivity contribution in [3.05, 3.63) is 53.6 Å². The van der Waals surface area contributed by atoms with E-state index in [1.54, 1.807) is 51.5 Å². The van der Waals surface area contributed by atoms with Gasteiger partial charge in [-0.2, -0.15) is 0 Å². The number of methoxy groups -OCH3 is 2. The summed E-state index contributed by atoms with van der Waals surface area (Å²) in [5.74, 6) is 0.854. The molecule has 30 heavy (non-hydrogen) atoms. The summed E-state index contributed by atoms with van der Waals surface area (Å²) in [6, 6.07) is 11.1. The van der Waals surface area contributed by atoms with E-state index < -0.39 is 22.1 Å². The Labute approximate surface area is 179 Å². The number of rotatable bonds is 9. The van der Waals surface area contributed by atoms with Gasteiger partial charge in [-0.1, -0.05) is 24.6 Å². The third kappa shape index (κ3) is 5.44. The van der Waals surface area contributed by atoms with Gasteiger partial charge in [-0.3, -0.25) is 9.10 Å². The molecule has 2 atom stereocenters. The van der Waals surface area contributed by atoms with Crippen molar-refractivity contribution in [2.45, 2.75) is 39.3 Å². The monoisotopic (exact) mass is 434 g/mol. The SMILES string of the molecule is CC[C@H](C(=O)N[C@@H](C)c1cc(OC)ccc1OC)N(c1ccc(C)cc1)S(C)(=O)=O. The number of anilines is 1. The average molecular weight is 435 g/mol. The second kappa shape index (κ2) is 9.84. The molecule has 1 N–H and O–H groups in total. The van der Waals surface area contributed by atoms with Crippen molar-refractivity contribution in [2.75, 3.05) is 24.8 Å². The predicted molar refractivity (Wildman–Crippen MR) is 119 cm³/mol. The second-order valence-corrected chi connectivity index (χ2v) is 9.02. The van der Waals surface area contributed by atoms with Gasteiger partial charge < -0.3 is 14.8 Å². The van der Waals surface area contributed by atoms with Gasteiger partial charge in [-0.05, 0) is 50.6 Å². The van der Waals surface area contributed by atoms with Crippen LogP contribution in [0, 0.1) is 6.92 Å². The lowest BCUT2D eigenvalue weighted by molar-refractivity contribution is -0.122. The Bertz CT molecular complexity index is 974. The highest BCUT2D eigenvalue weighted by molar-refractivity contribution is 7.92. The number of nitrogens with one attached hydrogen (secondary N) is 1. The first-order valence-electron chi connectivity index (χ1n) is 9.70. The van der Waals surface area contributed by atoms with Crippen LogP contribution in [0.1, 0.15) is 37.4 Å². The number of carbonyl (C=O) groups excluding carboxylic acids is 1. The quantitative estimate of drug-likeness (QED) is 0.654. The van der Waals surface area contributed by atoms with Crippen molar-refractivity contribution < 1.29 is 22.7 Å². The van der Waals surface area contributed by atoms with E-state index in [-0.39, 0.29) is 5.91 Å². The topological polar surface area (TPSA) is 84.9 Å². The van der Waals surface area contributed by atoms with E-state index in [4.69, 9.17) is 9.47 Å². The Morgan fingerprint density at radius 1 is 1.10 bits per heavy atom. The zero-order valence-corrected chi connectivity index (χ0v) is 19.1. The molecule has 164 valence electrons. The van der Waals surface area contributed by atoms with Crippen LogP contribution in [0.15, 0.2) is 42.5 Å². The summed E-state index contributed by atoms with van der Waals surface area (Å²) in [6.45, 7) is 5.52. The first kappa shape index (κ1) is 23.5. The predicted octanol–water partition coefficient (Wildman–Crippen LogP) is 3.43. The average Bonchev–Trinajstić information content (AvgIpc) is 2.71. The minimum absolute atomic E-state index is 0.314. The molecule has 2 aromatic carbocycles. The van der Waals surface area contributed by atoms with E-state index in [1.807, 2.05) is 26.0 Å².